The molecule has 0 aliphatic rings. The van der Waals surface area contributed by atoms with Gasteiger partial charge in [-0.1, -0.05) is 41.0 Å². The first-order valence-corrected chi connectivity index (χ1v) is 4.40. The number of pyridine rings is 1. The van der Waals surface area contributed by atoms with Gasteiger partial charge in [0.15, 0.2) is 4.17 Å². The fraction of sp³-hybridized carbons (Fsp3) is 0.167. The third-order valence-corrected chi connectivity index (χ3v) is 2.04. The second-order valence-corrected chi connectivity index (χ2v) is 4.29. The van der Waals surface area contributed by atoms with Crippen LogP contribution in [0.2, 0.25) is 0 Å². The Morgan fingerprint density at radius 3 is 2.70 bits per heavy atom. The van der Waals surface area contributed by atoms with Crippen LogP contribution in [-0.4, -0.2) is 9.15 Å². The molecule has 0 saturated carbocycles. The summed E-state index contributed by atoms with van der Waals surface area (Å²) in [6.07, 6.45) is 1.71. The van der Waals surface area contributed by atoms with Crippen molar-refractivity contribution in [1.29, 1.82) is 0 Å². The van der Waals surface area contributed by atoms with E-state index in [0.29, 0.717) is 0 Å². The molecule has 0 bridgehead atoms. The van der Waals surface area contributed by atoms with Gasteiger partial charge in [0.1, 0.15) is 0 Å². The van der Waals surface area contributed by atoms with Crippen LogP contribution in [0.5, 0.6) is 0 Å². The first-order chi connectivity index (χ1) is 4.79. The summed E-state index contributed by atoms with van der Waals surface area (Å²) in [6.45, 7) is 0. The summed E-state index contributed by atoms with van der Waals surface area (Å²) in [6, 6.07) is 5.61. The highest BCUT2D eigenvalue weighted by Gasteiger charge is 2.00. The van der Waals surface area contributed by atoms with Gasteiger partial charge in [-0.3, -0.25) is 0 Å². The predicted molar refractivity (Wildman–Crippen MR) is 45.6 cm³/mol. The van der Waals surface area contributed by atoms with Crippen LogP contribution in [0.25, 0.3) is 0 Å². The van der Waals surface area contributed by atoms with Gasteiger partial charge in [-0.05, 0) is 12.1 Å². The molecule has 0 atom stereocenters. The molecule has 0 N–H and O–H groups in total. The first-order valence-electron chi connectivity index (χ1n) is 2.65. The molecule has 0 aliphatic heterocycles. The lowest BCUT2D eigenvalue weighted by Crippen LogP contribution is -1.80. The van der Waals surface area contributed by atoms with Crippen LogP contribution in [0.1, 0.15) is 0 Å². The zero-order valence-corrected chi connectivity index (χ0v) is 7.33. The fourth-order valence-electron chi connectivity index (χ4n) is 0.508. The van der Waals surface area contributed by atoms with E-state index >= 15 is 0 Å². The van der Waals surface area contributed by atoms with Gasteiger partial charge in [-0.25, -0.2) is 4.98 Å². The summed E-state index contributed by atoms with van der Waals surface area (Å²) in [7, 11) is 0. The minimum absolute atomic E-state index is 0.435. The highest BCUT2D eigenvalue weighted by molar-refractivity contribution is 8.02. The summed E-state index contributed by atoms with van der Waals surface area (Å²) in [5, 5.41) is 0.845. The maximum absolute atomic E-state index is 5.50. The molecular weight excluding hydrogens is 189 g/mol. The van der Waals surface area contributed by atoms with E-state index in [-0.39, 0.29) is 0 Å². The molecule has 0 radical (unpaired) electrons. The van der Waals surface area contributed by atoms with Crippen molar-refractivity contribution in [1.82, 2.24) is 4.98 Å². The van der Waals surface area contributed by atoms with Gasteiger partial charge in [0.2, 0.25) is 0 Å². The Morgan fingerprint density at radius 2 is 2.20 bits per heavy atom. The molecule has 1 aromatic rings. The van der Waals surface area contributed by atoms with Gasteiger partial charge in [0, 0.05) is 6.20 Å². The Bertz CT molecular complexity index is 190. The number of aromatic nitrogens is 1. The van der Waals surface area contributed by atoms with E-state index in [1.54, 1.807) is 6.20 Å². The zero-order valence-electron chi connectivity index (χ0n) is 5.00. The summed E-state index contributed by atoms with van der Waals surface area (Å²) in [5.41, 5.74) is 0. The van der Waals surface area contributed by atoms with Gasteiger partial charge < -0.3 is 0 Å². The SMILES string of the molecule is ClC(Cl)Sc1ccccn1. The Labute approximate surface area is 73.7 Å². The minimum Gasteiger partial charge on any atom is -0.250 e. The van der Waals surface area contributed by atoms with E-state index in [2.05, 4.69) is 4.98 Å². The van der Waals surface area contributed by atoms with Crippen LogP contribution >= 0.6 is 35.0 Å². The average Bonchev–Trinajstić information content (AvgIpc) is 1.88. The number of nitrogens with zero attached hydrogens (tertiary/aromatic N) is 1. The lowest BCUT2D eigenvalue weighted by molar-refractivity contribution is 1.14. The molecule has 1 rings (SSSR count). The van der Waals surface area contributed by atoms with Gasteiger partial charge in [0.25, 0.3) is 0 Å². The van der Waals surface area contributed by atoms with Crippen molar-refractivity contribution < 1.29 is 0 Å². The van der Waals surface area contributed by atoms with Crippen molar-refractivity contribution in [3.8, 4) is 0 Å². The first kappa shape index (κ1) is 8.18. The van der Waals surface area contributed by atoms with E-state index in [1.807, 2.05) is 18.2 Å². The van der Waals surface area contributed by atoms with Crippen LogP contribution in [0, 0.1) is 0 Å². The Kier molecular flexibility index (Phi) is 3.32. The predicted octanol–water partition coefficient (Wildman–Crippen LogP) is 2.93. The van der Waals surface area contributed by atoms with E-state index in [9.17, 15) is 0 Å². The molecular formula is C6H5Cl2NS. The van der Waals surface area contributed by atoms with Crippen molar-refractivity contribution in [3.63, 3.8) is 0 Å². The molecule has 0 aromatic carbocycles. The van der Waals surface area contributed by atoms with Gasteiger partial charge in [0.05, 0.1) is 5.03 Å². The number of halogens is 2. The highest BCUT2D eigenvalue weighted by Crippen LogP contribution is 2.25. The second kappa shape index (κ2) is 4.06. The molecule has 0 spiro atoms. The fourth-order valence-corrected chi connectivity index (χ4v) is 1.52. The van der Waals surface area contributed by atoms with Crippen LogP contribution in [0.4, 0.5) is 0 Å². The van der Waals surface area contributed by atoms with E-state index in [1.165, 1.54) is 11.8 Å². The molecule has 0 saturated heterocycles. The summed E-state index contributed by atoms with van der Waals surface area (Å²) >= 11 is 12.3. The van der Waals surface area contributed by atoms with Crippen molar-refractivity contribution in [2.24, 2.45) is 0 Å². The normalized spacial score (nSPS) is 10.3. The number of hydrogen-bond acceptors (Lipinski definition) is 2. The third kappa shape index (κ3) is 2.78. The number of alkyl halides is 2. The average molecular weight is 194 g/mol. The lowest BCUT2D eigenvalue weighted by atomic mass is 10.5. The van der Waals surface area contributed by atoms with Crippen LogP contribution in [-0.2, 0) is 0 Å². The Morgan fingerprint density at radius 1 is 1.40 bits per heavy atom. The van der Waals surface area contributed by atoms with Gasteiger partial charge >= 0.3 is 0 Å². The smallest absolute Gasteiger partial charge is 0.158 e. The van der Waals surface area contributed by atoms with Crippen molar-refractivity contribution in [2.45, 2.75) is 9.19 Å². The minimum atomic E-state index is -0.435. The maximum atomic E-state index is 5.50. The molecule has 1 nitrogen and oxygen atoms in total. The van der Waals surface area contributed by atoms with Crippen LogP contribution < -0.4 is 0 Å². The molecule has 0 unspecified atom stereocenters. The zero-order chi connectivity index (χ0) is 7.40. The quantitative estimate of drug-likeness (QED) is 0.530. The molecule has 4 heteroatoms. The lowest BCUT2D eigenvalue weighted by Gasteiger charge is -1.97. The van der Waals surface area contributed by atoms with E-state index in [0.717, 1.165) is 5.03 Å². The third-order valence-electron chi connectivity index (χ3n) is 0.848. The second-order valence-electron chi connectivity index (χ2n) is 1.55. The van der Waals surface area contributed by atoms with Crippen molar-refractivity contribution in [2.75, 3.05) is 0 Å². The molecule has 1 heterocycles. The molecule has 0 aliphatic carbocycles. The number of rotatable bonds is 2. The van der Waals surface area contributed by atoms with E-state index in [4.69, 9.17) is 23.2 Å². The molecule has 10 heavy (non-hydrogen) atoms. The summed E-state index contributed by atoms with van der Waals surface area (Å²) in [5.74, 6) is 0. The Balaban J connectivity index is 2.59. The van der Waals surface area contributed by atoms with Gasteiger partial charge in [-0.2, -0.15) is 0 Å². The summed E-state index contributed by atoms with van der Waals surface area (Å²) in [4.78, 5) is 4.01. The Hall–Kier alpha value is 0.0800. The van der Waals surface area contributed by atoms with Crippen LogP contribution in [0.15, 0.2) is 29.4 Å². The highest BCUT2D eigenvalue weighted by atomic mass is 35.5. The molecule has 54 valence electrons. The van der Waals surface area contributed by atoms with E-state index < -0.39 is 4.17 Å². The topological polar surface area (TPSA) is 12.9 Å². The largest absolute Gasteiger partial charge is 0.250 e. The van der Waals surface area contributed by atoms with Crippen molar-refractivity contribution >= 4 is 35.0 Å². The van der Waals surface area contributed by atoms with Crippen LogP contribution in [0.3, 0.4) is 0 Å². The standard InChI is InChI=1S/C6H5Cl2NS/c7-6(8)10-5-3-1-2-4-9-5/h1-4,6H. The molecule has 0 fully saturated rings. The van der Waals surface area contributed by atoms with Gasteiger partial charge in [-0.15, -0.1) is 0 Å². The number of hydrogen-bond donors (Lipinski definition) is 0. The number of thioether (sulfide) groups is 1. The summed E-state index contributed by atoms with van der Waals surface area (Å²) < 4.78 is -0.435. The maximum Gasteiger partial charge on any atom is 0.158 e. The monoisotopic (exact) mass is 193 g/mol. The molecule has 1 aromatic heterocycles. The molecule has 0 amide bonds. The van der Waals surface area contributed by atoms with Crippen molar-refractivity contribution in [3.05, 3.63) is 24.4 Å².